The van der Waals surface area contributed by atoms with Gasteiger partial charge < -0.3 is 19.5 Å². The van der Waals surface area contributed by atoms with Gasteiger partial charge in [0, 0.05) is 13.0 Å². The number of halogens is 1. The zero-order chi connectivity index (χ0) is 14.8. The number of rotatable bonds is 10. The Morgan fingerprint density at radius 2 is 1.76 bits per heavy atom. The Bertz CT molecular complexity index is 397. The lowest BCUT2D eigenvalue weighted by Gasteiger charge is -2.16. The van der Waals surface area contributed by atoms with E-state index in [1.807, 2.05) is 31.3 Å². The second-order valence-corrected chi connectivity index (χ2v) is 4.68. The fourth-order valence-electron chi connectivity index (χ4n) is 1.76. The first-order valence-corrected chi connectivity index (χ1v) is 6.79. The van der Waals surface area contributed by atoms with Crippen molar-refractivity contribution in [2.75, 3.05) is 33.9 Å². The van der Waals surface area contributed by atoms with Crippen molar-refractivity contribution in [3.05, 3.63) is 24.3 Å². The van der Waals surface area contributed by atoms with Crippen molar-refractivity contribution in [1.82, 2.24) is 4.90 Å². The number of carbonyl (C=O) groups is 1. The molecule has 0 radical (unpaired) electrons. The van der Waals surface area contributed by atoms with Gasteiger partial charge in [-0.25, -0.2) is 0 Å². The molecule has 0 aliphatic heterocycles. The van der Waals surface area contributed by atoms with Crippen LogP contribution in [0, 0.1) is 0 Å². The summed E-state index contributed by atoms with van der Waals surface area (Å²) in [4.78, 5) is 12.5. The summed E-state index contributed by atoms with van der Waals surface area (Å²) < 4.78 is 10.7. The summed E-state index contributed by atoms with van der Waals surface area (Å²) >= 11 is 0. The minimum absolute atomic E-state index is 0. The van der Waals surface area contributed by atoms with E-state index in [0.717, 1.165) is 37.4 Å². The molecule has 1 aromatic carbocycles. The predicted molar refractivity (Wildman–Crippen MR) is 84.7 cm³/mol. The van der Waals surface area contributed by atoms with Crippen LogP contribution in [-0.2, 0) is 4.79 Å². The maximum Gasteiger partial charge on any atom is 0.303 e. The van der Waals surface area contributed by atoms with Crippen LogP contribution >= 0.6 is 12.4 Å². The van der Waals surface area contributed by atoms with Crippen LogP contribution in [0.1, 0.15) is 19.3 Å². The van der Waals surface area contributed by atoms with Crippen molar-refractivity contribution in [3.8, 4) is 11.5 Å². The highest BCUT2D eigenvalue weighted by Crippen LogP contribution is 2.16. The number of likely N-dealkylation sites (N-methyl/N-ethyl adjacent to an activating group) is 1. The van der Waals surface area contributed by atoms with E-state index in [0.29, 0.717) is 6.61 Å². The molecular formula is C15H24ClNO4. The van der Waals surface area contributed by atoms with Gasteiger partial charge in [0.05, 0.1) is 7.11 Å². The minimum Gasteiger partial charge on any atom is -0.497 e. The van der Waals surface area contributed by atoms with Crippen LogP contribution in [0.3, 0.4) is 0 Å². The van der Waals surface area contributed by atoms with E-state index in [9.17, 15) is 4.79 Å². The van der Waals surface area contributed by atoms with E-state index in [1.165, 1.54) is 0 Å². The summed E-state index contributed by atoms with van der Waals surface area (Å²) in [6.45, 7) is 2.32. The van der Waals surface area contributed by atoms with E-state index >= 15 is 0 Å². The van der Waals surface area contributed by atoms with Gasteiger partial charge in [0.1, 0.15) is 18.1 Å². The lowest BCUT2D eigenvalue weighted by atomic mass is 10.2. The fourth-order valence-corrected chi connectivity index (χ4v) is 1.76. The zero-order valence-electron chi connectivity index (χ0n) is 12.6. The zero-order valence-corrected chi connectivity index (χ0v) is 13.4. The molecule has 0 aliphatic carbocycles. The monoisotopic (exact) mass is 317 g/mol. The number of benzene rings is 1. The second-order valence-electron chi connectivity index (χ2n) is 4.68. The molecule has 1 aromatic rings. The highest BCUT2D eigenvalue weighted by atomic mass is 35.5. The lowest BCUT2D eigenvalue weighted by Crippen LogP contribution is -2.25. The van der Waals surface area contributed by atoms with Crippen molar-refractivity contribution < 1.29 is 19.4 Å². The molecule has 21 heavy (non-hydrogen) atoms. The summed E-state index contributed by atoms with van der Waals surface area (Å²) in [5, 5.41) is 8.54. The van der Waals surface area contributed by atoms with Crippen molar-refractivity contribution in [3.63, 3.8) is 0 Å². The normalized spacial score (nSPS) is 10.0. The Labute approximate surface area is 132 Å². The van der Waals surface area contributed by atoms with Crippen LogP contribution in [-0.4, -0.2) is 49.8 Å². The molecule has 0 atom stereocenters. The average molecular weight is 318 g/mol. The number of carboxylic acids is 1. The third-order valence-electron chi connectivity index (χ3n) is 2.98. The largest absolute Gasteiger partial charge is 0.497 e. The van der Waals surface area contributed by atoms with E-state index < -0.39 is 5.97 Å². The molecule has 0 aromatic heterocycles. The van der Waals surface area contributed by atoms with Crippen molar-refractivity contribution >= 4 is 18.4 Å². The smallest absolute Gasteiger partial charge is 0.303 e. The van der Waals surface area contributed by atoms with Crippen molar-refractivity contribution in [2.24, 2.45) is 0 Å². The SMILES string of the molecule is COc1ccc(OCCN(C)CCCCC(=O)O)cc1.Cl. The van der Waals surface area contributed by atoms with E-state index in [2.05, 4.69) is 4.90 Å². The standard InChI is InChI=1S/C15H23NO4.ClH/c1-16(10-4-3-5-15(17)18)11-12-20-14-8-6-13(19-2)7-9-14;/h6-9H,3-5,10-12H2,1-2H3,(H,17,18);1H. The first-order valence-electron chi connectivity index (χ1n) is 6.79. The number of hydrogen-bond acceptors (Lipinski definition) is 4. The van der Waals surface area contributed by atoms with E-state index in [-0.39, 0.29) is 18.8 Å². The summed E-state index contributed by atoms with van der Waals surface area (Å²) in [6, 6.07) is 7.49. The van der Waals surface area contributed by atoms with Crippen molar-refractivity contribution in [1.29, 1.82) is 0 Å². The van der Waals surface area contributed by atoms with Crippen molar-refractivity contribution in [2.45, 2.75) is 19.3 Å². The molecule has 5 nitrogen and oxygen atoms in total. The maximum absolute atomic E-state index is 10.4. The number of carboxylic acid groups (broad SMARTS) is 1. The number of ether oxygens (including phenoxy) is 2. The molecule has 1 N–H and O–H groups in total. The third kappa shape index (κ3) is 9.15. The second kappa shape index (κ2) is 11.2. The van der Waals surface area contributed by atoms with Crippen LogP contribution in [0.5, 0.6) is 11.5 Å². The van der Waals surface area contributed by atoms with Gasteiger partial charge in [-0.3, -0.25) is 4.79 Å². The molecular weight excluding hydrogens is 294 g/mol. The molecule has 6 heteroatoms. The molecule has 1 rings (SSSR count). The number of methoxy groups -OCH3 is 1. The van der Waals surface area contributed by atoms with E-state index in [4.69, 9.17) is 14.6 Å². The number of aliphatic carboxylic acids is 1. The van der Waals surface area contributed by atoms with Gasteiger partial charge in [-0.05, 0) is 50.7 Å². The molecule has 0 saturated carbocycles. The van der Waals surface area contributed by atoms with Gasteiger partial charge in [-0.1, -0.05) is 0 Å². The highest BCUT2D eigenvalue weighted by molar-refractivity contribution is 5.85. The van der Waals surface area contributed by atoms with Gasteiger partial charge in [-0.15, -0.1) is 12.4 Å². The Morgan fingerprint density at radius 3 is 2.33 bits per heavy atom. The molecule has 0 aliphatic rings. The van der Waals surface area contributed by atoms with Crippen LogP contribution in [0.15, 0.2) is 24.3 Å². The van der Waals surface area contributed by atoms with Gasteiger partial charge in [-0.2, -0.15) is 0 Å². The van der Waals surface area contributed by atoms with Gasteiger partial charge in [0.25, 0.3) is 0 Å². The van der Waals surface area contributed by atoms with Gasteiger partial charge >= 0.3 is 5.97 Å². The summed E-state index contributed by atoms with van der Waals surface area (Å²) in [6.07, 6.45) is 1.86. The highest BCUT2D eigenvalue weighted by Gasteiger charge is 2.01. The van der Waals surface area contributed by atoms with Crippen LogP contribution in [0.2, 0.25) is 0 Å². The summed E-state index contributed by atoms with van der Waals surface area (Å²) in [7, 11) is 3.65. The van der Waals surface area contributed by atoms with Gasteiger partial charge in [0.2, 0.25) is 0 Å². The molecule has 0 fully saturated rings. The Kier molecular flexibility index (Phi) is 10.4. The molecule has 0 spiro atoms. The van der Waals surface area contributed by atoms with Crippen LogP contribution < -0.4 is 9.47 Å². The molecule has 0 saturated heterocycles. The first kappa shape index (κ1) is 19.5. The predicted octanol–water partition coefficient (Wildman–Crippen LogP) is 2.68. The summed E-state index contributed by atoms with van der Waals surface area (Å²) in [5.41, 5.74) is 0. The quantitative estimate of drug-likeness (QED) is 0.672. The van der Waals surface area contributed by atoms with Gasteiger partial charge in [0.15, 0.2) is 0 Å². The molecule has 120 valence electrons. The Balaban J connectivity index is 0.00000400. The van der Waals surface area contributed by atoms with E-state index in [1.54, 1.807) is 7.11 Å². The first-order chi connectivity index (χ1) is 9.61. The topological polar surface area (TPSA) is 59.0 Å². The average Bonchev–Trinajstić information content (AvgIpc) is 2.44. The molecule has 0 bridgehead atoms. The Hall–Kier alpha value is -1.46. The van der Waals surface area contributed by atoms with Crippen LogP contribution in [0.25, 0.3) is 0 Å². The fraction of sp³-hybridized carbons (Fsp3) is 0.533. The minimum atomic E-state index is -0.726. The third-order valence-corrected chi connectivity index (χ3v) is 2.98. The molecule has 0 unspecified atom stereocenters. The number of hydrogen-bond donors (Lipinski definition) is 1. The lowest BCUT2D eigenvalue weighted by molar-refractivity contribution is -0.137. The van der Waals surface area contributed by atoms with Crippen LogP contribution in [0.4, 0.5) is 0 Å². The number of unbranched alkanes of at least 4 members (excludes halogenated alkanes) is 1. The molecule has 0 amide bonds. The Morgan fingerprint density at radius 1 is 1.14 bits per heavy atom. The maximum atomic E-state index is 10.4. The summed E-state index contributed by atoms with van der Waals surface area (Å²) in [5.74, 6) is 0.911. The molecule has 0 heterocycles. The number of nitrogens with zero attached hydrogens (tertiary/aromatic N) is 1.